The molecule has 5 heteroatoms. The van der Waals surface area contributed by atoms with Gasteiger partial charge in [0.1, 0.15) is 5.82 Å². The van der Waals surface area contributed by atoms with Gasteiger partial charge in [0.05, 0.1) is 12.2 Å². The zero-order valence-corrected chi connectivity index (χ0v) is 9.67. The maximum atomic E-state index is 10.9. The summed E-state index contributed by atoms with van der Waals surface area (Å²) in [5, 5.41) is 0. The summed E-state index contributed by atoms with van der Waals surface area (Å²) in [5.41, 5.74) is 6.06. The third-order valence-electron chi connectivity index (χ3n) is 1.46. The van der Waals surface area contributed by atoms with Crippen molar-refractivity contribution in [3.63, 3.8) is 0 Å². The van der Waals surface area contributed by atoms with Crippen LogP contribution < -0.4 is 5.73 Å². The average molecular weight is 269 g/mol. The summed E-state index contributed by atoms with van der Waals surface area (Å²) in [4.78, 5) is 14.8. The lowest BCUT2D eigenvalue weighted by Gasteiger charge is -1.96. The van der Waals surface area contributed by atoms with Crippen molar-refractivity contribution in [1.82, 2.24) is 4.98 Å². The Hall–Kier alpha value is -1.54. The van der Waals surface area contributed by atoms with Crippen LogP contribution in [0.4, 0.5) is 5.82 Å². The lowest BCUT2D eigenvalue weighted by molar-refractivity contribution is -0.136. The first-order chi connectivity index (χ1) is 7.13. The van der Waals surface area contributed by atoms with Crippen LogP contribution in [0.3, 0.4) is 0 Å². The van der Waals surface area contributed by atoms with Gasteiger partial charge in [0.25, 0.3) is 0 Å². The zero-order chi connectivity index (χ0) is 11.3. The van der Waals surface area contributed by atoms with Crippen molar-refractivity contribution in [3.05, 3.63) is 22.3 Å². The first kappa shape index (κ1) is 11.5. The second-order valence-electron chi connectivity index (χ2n) is 2.56. The van der Waals surface area contributed by atoms with Gasteiger partial charge in [-0.2, -0.15) is 0 Å². The number of nitrogen functional groups attached to an aromatic ring is 1. The smallest absolute Gasteiger partial charge is 0.384 e. The van der Waals surface area contributed by atoms with Crippen molar-refractivity contribution in [1.29, 1.82) is 0 Å². The number of aromatic nitrogens is 1. The van der Waals surface area contributed by atoms with E-state index in [9.17, 15) is 4.79 Å². The topological polar surface area (TPSA) is 65.2 Å². The number of anilines is 1. The van der Waals surface area contributed by atoms with Gasteiger partial charge in [0.15, 0.2) is 0 Å². The summed E-state index contributed by atoms with van der Waals surface area (Å²) in [6.45, 7) is 2.02. The highest BCUT2D eigenvalue weighted by Crippen LogP contribution is 2.13. The predicted octanol–water partition coefficient (Wildman–Crippen LogP) is 1.34. The van der Waals surface area contributed by atoms with Gasteiger partial charge >= 0.3 is 5.97 Å². The van der Waals surface area contributed by atoms with Crippen LogP contribution in [0.1, 0.15) is 12.5 Å². The molecule has 15 heavy (non-hydrogen) atoms. The molecule has 1 heterocycles. The highest BCUT2D eigenvalue weighted by atomic mass is 79.9. The molecule has 0 unspecified atom stereocenters. The van der Waals surface area contributed by atoms with Crippen LogP contribution in [0.25, 0.3) is 0 Å². The molecule has 0 aliphatic rings. The van der Waals surface area contributed by atoms with Crippen molar-refractivity contribution in [2.45, 2.75) is 6.92 Å². The standard InChI is InChI=1S/C10H9BrN2O2/c1-2-15-9(14)4-3-7-5-8(11)6-13-10(7)12/h5-6H,2H2,1H3,(H2,12,13). The molecule has 78 valence electrons. The van der Waals surface area contributed by atoms with Gasteiger partial charge in [0.2, 0.25) is 0 Å². The van der Waals surface area contributed by atoms with Gasteiger partial charge in [-0.05, 0) is 28.9 Å². The number of carbonyl (C=O) groups excluding carboxylic acids is 1. The maximum Gasteiger partial charge on any atom is 0.384 e. The molecule has 1 aromatic rings. The van der Waals surface area contributed by atoms with Crippen LogP contribution in [0.5, 0.6) is 0 Å². The van der Waals surface area contributed by atoms with Crippen molar-refractivity contribution >= 4 is 27.7 Å². The van der Waals surface area contributed by atoms with E-state index in [4.69, 9.17) is 5.73 Å². The van der Waals surface area contributed by atoms with Crippen LogP contribution >= 0.6 is 15.9 Å². The third kappa shape index (κ3) is 3.60. The highest BCUT2D eigenvalue weighted by Gasteiger charge is 1.99. The van der Waals surface area contributed by atoms with E-state index in [1.165, 1.54) is 0 Å². The van der Waals surface area contributed by atoms with E-state index in [1.54, 1.807) is 19.2 Å². The van der Waals surface area contributed by atoms with E-state index in [0.29, 0.717) is 12.2 Å². The Morgan fingerprint density at radius 3 is 3.13 bits per heavy atom. The number of nitrogens with two attached hydrogens (primary N) is 1. The van der Waals surface area contributed by atoms with Gasteiger partial charge < -0.3 is 10.5 Å². The molecule has 4 nitrogen and oxygen atoms in total. The second-order valence-corrected chi connectivity index (χ2v) is 3.47. The highest BCUT2D eigenvalue weighted by molar-refractivity contribution is 9.10. The molecular formula is C10H9BrN2O2. The number of halogens is 1. The van der Waals surface area contributed by atoms with Crippen LogP contribution in [0.2, 0.25) is 0 Å². The minimum absolute atomic E-state index is 0.287. The van der Waals surface area contributed by atoms with Gasteiger partial charge in [-0.15, -0.1) is 0 Å². The molecule has 1 aromatic heterocycles. The summed E-state index contributed by atoms with van der Waals surface area (Å²) < 4.78 is 5.40. The lowest BCUT2D eigenvalue weighted by Crippen LogP contribution is -2.00. The van der Waals surface area contributed by atoms with Crippen molar-refractivity contribution in [2.24, 2.45) is 0 Å². The lowest BCUT2D eigenvalue weighted by atomic mass is 10.2. The minimum atomic E-state index is -0.572. The quantitative estimate of drug-likeness (QED) is 0.617. The summed E-state index contributed by atoms with van der Waals surface area (Å²) in [7, 11) is 0. The molecule has 0 spiro atoms. The SMILES string of the molecule is CCOC(=O)C#Cc1cc(Br)cnc1N. The number of nitrogens with zero attached hydrogens (tertiary/aromatic N) is 1. The number of pyridine rings is 1. The van der Waals surface area contributed by atoms with Gasteiger partial charge in [-0.3, -0.25) is 0 Å². The Balaban J connectivity index is 2.88. The fourth-order valence-electron chi connectivity index (χ4n) is 0.836. The largest absolute Gasteiger partial charge is 0.456 e. The van der Waals surface area contributed by atoms with Crippen molar-refractivity contribution in [3.8, 4) is 11.8 Å². The third-order valence-corrected chi connectivity index (χ3v) is 1.89. The van der Waals surface area contributed by atoms with E-state index >= 15 is 0 Å². The summed E-state index contributed by atoms with van der Waals surface area (Å²) in [6, 6.07) is 1.69. The molecule has 0 saturated carbocycles. The Bertz CT molecular complexity index is 435. The van der Waals surface area contributed by atoms with Crippen LogP contribution in [-0.2, 0) is 9.53 Å². The normalized spacial score (nSPS) is 8.93. The average Bonchev–Trinajstić information content (AvgIpc) is 2.20. The molecule has 0 bridgehead atoms. The van der Waals surface area contributed by atoms with Crippen LogP contribution in [0.15, 0.2) is 16.7 Å². The summed E-state index contributed by atoms with van der Waals surface area (Å²) >= 11 is 3.23. The Labute approximate surface area is 96.0 Å². The number of carbonyl (C=O) groups is 1. The van der Waals surface area contributed by atoms with E-state index in [-0.39, 0.29) is 5.82 Å². The molecule has 0 atom stereocenters. The van der Waals surface area contributed by atoms with Crippen molar-refractivity contribution in [2.75, 3.05) is 12.3 Å². The number of hydrogen-bond donors (Lipinski definition) is 1. The van der Waals surface area contributed by atoms with Gasteiger partial charge in [-0.1, -0.05) is 5.92 Å². The van der Waals surface area contributed by atoms with Crippen LogP contribution in [0, 0.1) is 11.8 Å². The van der Waals surface area contributed by atoms with E-state index in [0.717, 1.165) is 4.47 Å². The fourth-order valence-corrected chi connectivity index (χ4v) is 1.17. The molecule has 1 rings (SSSR count). The van der Waals surface area contributed by atoms with E-state index in [2.05, 4.69) is 37.5 Å². The molecule has 0 amide bonds. The fraction of sp³-hybridized carbons (Fsp3) is 0.200. The molecule has 2 N–H and O–H groups in total. The number of hydrogen-bond acceptors (Lipinski definition) is 4. The Morgan fingerprint density at radius 1 is 1.73 bits per heavy atom. The number of rotatable bonds is 1. The molecule has 0 aliphatic carbocycles. The molecule has 0 radical (unpaired) electrons. The first-order valence-electron chi connectivity index (χ1n) is 4.23. The Morgan fingerprint density at radius 2 is 2.47 bits per heavy atom. The molecule has 0 aromatic carbocycles. The summed E-state index contributed by atoms with van der Waals surface area (Å²) in [5.74, 6) is 4.63. The van der Waals surface area contributed by atoms with E-state index in [1.807, 2.05) is 0 Å². The van der Waals surface area contributed by atoms with Crippen molar-refractivity contribution < 1.29 is 9.53 Å². The Kier molecular flexibility index (Phi) is 4.13. The molecular weight excluding hydrogens is 260 g/mol. The van der Waals surface area contributed by atoms with Gasteiger partial charge in [-0.25, -0.2) is 9.78 Å². The zero-order valence-electron chi connectivity index (χ0n) is 8.08. The molecule has 0 saturated heterocycles. The van der Waals surface area contributed by atoms with Crippen LogP contribution in [-0.4, -0.2) is 17.6 Å². The first-order valence-corrected chi connectivity index (χ1v) is 5.02. The number of esters is 1. The maximum absolute atomic E-state index is 10.9. The predicted molar refractivity (Wildman–Crippen MR) is 59.9 cm³/mol. The molecule has 0 fully saturated rings. The molecule has 0 aliphatic heterocycles. The number of ether oxygens (including phenoxy) is 1. The second kappa shape index (κ2) is 5.37. The minimum Gasteiger partial charge on any atom is -0.456 e. The monoisotopic (exact) mass is 268 g/mol. The van der Waals surface area contributed by atoms with E-state index < -0.39 is 5.97 Å². The summed E-state index contributed by atoms with van der Waals surface area (Å²) in [6.07, 6.45) is 1.56. The van der Waals surface area contributed by atoms with Gasteiger partial charge in [0, 0.05) is 16.6 Å².